The van der Waals surface area contributed by atoms with Crippen LogP contribution in [0.5, 0.6) is 0 Å². The molecule has 33 heavy (non-hydrogen) atoms. The number of rotatable bonds is 2. The Labute approximate surface area is 206 Å². The predicted molar refractivity (Wildman–Crippen MR) is 129 cm³/mol. The molecule has 0 heterocycles. The monoisotopic (exact) mass is 608 g/mol. The first kappa shape index (κ1) is 24.8. The fourth-order valence-electron chi connectivity index (χ4n) is 5.64. The maximum atomic E-state index is 13.6. The Kier molecular flexibility index (Phi) is 5.90. The van der Waals surface area contributed by atoms with Gasteiger partial charge in [0.15, 0.2) is 0 Å². The van der Waals surface area contributed by atoms with Crippen molar-refractivity contribution in [1.29, 1.82) is 0 Å². The molecule has 2 aromatic rings. The summed E-state index contributed by atoms with van der Waals surface area (Å²) in [5.74, 6) is 0. The van der Waals surface area contributed by atoms with Gasteiger partial charge in [-0.25, -0.2) is 0 Å². The van der Waals surface area contributed by atoms with Gasteiger partial charge in [-0.1, -0.05) is 68.3 Å². The fourth-order valence-corrected chi connectivity index (χ4v) is 11.8. The van der Waals surface area contributed by atoms with Gasteiger partial charge < -0.3 is 0 Å². The second kappa shape index (κ2) is 7.85. The van der Waals surface area contributed by atoms with E-state index in [2.05, 4.69) is 45.0 Å². The molecule has 0 saturated carbocycles. The predicted octanol–water partition coefficient (Wildman–Crippen LogP) is 9.74. The highest BCUT2D eigenvalue weighted by molar-refractivity contribution is 9.10. The van der Waals surface area contributed by atoms with E-state index in [-0.39, 0.29) is 11.1 Å². The van der Waals surface area contributed by atoms with Crippen molar-refractivity contribution in [1.82, 2.24) is 0 Å². The first-order chi connectivity index (χ1) is 15.0. The van der Waals surface area contributed by atoms with Crippen LogP contribution < -0.4 is 0 Å². The summed E-state index contributed by atoms with van der Waals surface area (Å²) in [5.41, 5.74) is 2.52. The fraction of sp³-hybridized carbons (Fsp3) is 0.333. The van der Waals surface area contributed by atoms with Crippen LogP contribution in [0.25, 0.3) is 12.2 Å². The molecule has 0 bridgehead atoms. The van der Waals surface area contributed by atoms with Crippen molar-refractivity contribution < 1.29 is 26.3 Å². The smallest absolute Gasteiger partial charge is 0.166 e. The summed E-state index contributed by atoms with van der Waals surface area (Å²) in [6.45, 7) is 7.92. The van der Waals surface area contributed by atoms with Gasteiger partial charge in [0.2, 0.25) is 0 Å². The van der Waals surface area contributed by atoms with Gasteiger partial charge in [0.25, 0.3) is 0 Å². The third-order valence-corrected chi connectivity index (χ3v) is 12.6. The Bertz CT molecular complexity index is 1130. The summed E-state index contributed by atoms with van der Waals surface area (Å²) < 4.78 is 82.2. The lowest BCUT2D eigenvalue weighted by Crippen LogP contribution is -2.42. The zero-order chi connectivity index (χ0) is 24.7. The summed E-state index contributed by atoms with van der Waals surface area (Å²) in [5, 5.41) is 0. The summed E-state index contributed by atoms with van der Waals surface area (Å²) in [6.07, 6.45) is -5.19. The van der Waals surface area contributed by atoms with Crippen LogP contribution in [0, 0.1) is 0 Å². The number of hydrogen-bond acceptors (Lipinski definition) is 0. The van der Waals surface area contributed by atoms with E-state index in [1.807, 2.05) is 26.0 Å². The lowest BCUT2D eigenvalue weighted by atomic mass is 10.0. The number of allylic oxidation sites excluding steroid dienone is 2. The lowest BCUT2D eigenvalue weighted by molar-refractivity contribution is -0.138. The maximum Gasteiger partial charge on any atom is 0.416 e. The maximum absolute atomic E-state index is 13.6. The molecule has 4 rings (SSSR count). The molecule has 0 amide bonds. The summed E-state index contributed by atoms with van der Waals surface area (Å²) >= 11 is 6.61. The molecule has 0 radical (unpaired) electrons. The van der Waals surface area contributed by atoms with Crippen molar-refractivity contribution in [3.8, 4) is 0 Å². The number of hydrogen-bond donors (Lipinski definition) is 0. The largest absolute Gasteiger partial charge is 0.416 e. The second-order valence-corrected chi connectivity index (χ2v) is 15.9. The summed E-state index contributed by atoms with van der Waals surface area (Å²) in [6, 6.07) is 4.59. The van der Waals surface area contributed by atoms with E-state index in [1.54, 1.807) is 0 Å². The Morgan fingerprint density at radius 1 is 0.667 bits per heavy atom. The van der Waals surface area contributed by atoms with Gasteiger partial charge in [-0.2, -0.15) is 26.3 Å². The Morgan fingerprint density at radius 2 is 1.00 bits per heavy atom. The van der Waals surface area contributed by atoms with Gasteiger partial charge in [-0.15, -0.1) is 0 Å². The third kappa shape index (κ3) is 4.08. The summed E-state index contributed by atoms with van der Waals surface area (Å²) in [7, 11) is -2.59. The average molecular weight is 610 g/mol. The molecule has 0 aliphatic heterocycles. The van der Waals surface area contributed by atoms with E-state index in [9.17, 15) is 26.3 Å². The molecule has 2 aliphatic carbocycles. The van der Waals surface area contributed by atoms with Gasteiger partial charge >= 0.3 is 12.4 Å². The highest BCUT2D eigenvalue weighted by Crippen LogP contribution is 2.55. The highest BCUT2D eigenvalue weighted by Gasteiger charge is 2.48. The molecule has 176 valence electrons. The van der Waals surface area contributed by atoms with E-state index in [1.165, 1.54) is 12.1 Å². The molecule has 0 nitrogen and oxygen atoms in total. The quantitative estimate of drug-likeness (QED) is 0.235. The van der Waals surface area contributed by atoms with Crippen molar-refractivity contribution in [2.24, 2.45) is 0 Å². The second-order valence-electron chi connectivity index (χ2n) is 9.38. The van der Waals surface area contributed by atoms with Gasteiger partial charge in [-0.3, -0.25) is 0 Å². The van der Waals surface area contributed by atoms with Crippen LogP contribution in [0.15, 0.2) is 44.4 Å². The molecule has 2 aromatic carbocycles. The number of halogens is 8. The van der Waals surface area contributed by atoms with Crippen molar-refractivity contribution in [3.63, 3.8) is 0 Å². The normalized spacial score (nSPS) is 20.5. The van der Waals surface area contributed by atoms with Crippen LogP contribution >= 0.6 is 31.9 Å². The molecule has 2 atom stereocenters. The van der Waals surface area contributed by atoms with Gasteiger partial charge in [0, 0.05) is 20.0 Å². The Morgan fingerprint density at radius 3 is 1.30 bits per heavy atom. The van der Waals surface area contributed by atoms with Crippen LogP contribution in [0.1, 0.15) is 58.3 Å². The van der Waals surface area contributed by atoms with E-state index in [0.717, 1.165) is 34.4 Å². The first-order valence-corrected chi connectivity index (χ1v) is 14.9. The zero-order valence-corrected chi connectivity index (χ0v) is 22.3. The van der Waals surface area contributed by atoms with Crippen LogP contribution in [0.3, 0.4) is 0 Å². The Balaban J connectivity index is 1.89. The van der Waals surface area contributed by atoms with Gasteiger partial charge in [0.1, 0.15) is 0 Å². The molecule has 2 aliphatic rings. The number of fused-ring (bicyclic) bond motifs is 2. The third-order valence-electron chi connectivity index (χ3n) is 6.74. The van der Waals surface area contributed by atoms with E-state index in [0.29, 0.717) is 20.1 Å². The molecule has 0 spiro atoms. The van der Waals surface area contributed by atoms with Crippen LogP contribution in [-0.4, -0.2) is 8.07 Å². The molecular formula is C24H20Br2F6Si. The topological polar surface area (TPSA) is 0 Å². The van der Waals surface area contributed by atoms with Gasteiger partial charge in [0.05, 0.1) is 19.2 Å². The minimum absolute atomic E-state index is 0.265. The zero-order valence-electron chi connectivity index (χ0n) is 18.1. The first-order valence-electron chi connectivity index (χ1n) is 10.2. The minimum Gasteiger partial charge on any atom is -0.166 e. The lowest BCUT2D eigenvalue weighted by Gasteiger charge is -2.39. The summed E-state index contributed by atoms with van der Waals surface area (Å²) in [4.78, 5) is 0. The minimum atomic E-state index is -4.49. The van der Waals surface area contributed by atoms with Crippen molar-refractivity contribution in [3.05, 3.63) is 77.7 Å². The van der Waals surface area contributed by atoms with Crippen molar-refractivity contribution in [2.45, 2.75) is 50.4 Å². The van der Waals surface area contributed by atoms with Gasteiger partial charge in [-0.05, 0) is 60.4 Å². The average Bonchev–Trinajstić information content (AvgIpc) is 3.17. The van der Waals surface area contributed by atoms with E-state index in [4.69, 9.17) is 0 Å². The SMILES string of the molecule is CC1=Cc2c(Br)cc(C(F)(F)F)cc2C1[Si](C)(C)C1C(C)=Cc2c(Br)cc(C(F)(F)F)cc21. The molecule has 0 N–H and O–H groups in total. The highest BCUT2D eigenvalue weighted by atomic mass is 79.9. The molecule has 9 heteroatoms. The van der Waals surface area contributed by atoms with E-state index >= 15 is 0 Å². The van der Waals surface area contributed by atoms with E-state index < -0.39 is 31.6 Å². The molecule has 0 fully saturated rings. The standard InChI is InChI=1S/C24H20Br2F6Si/c1-11-5-15-17(7-13(9-19(15)25)23(27,28)29)21(11)33(3,4)22-12(2)6-16-18(22)8-14(10-20(16)26)24(30,31)32/h5-10,21-22H,1-4H3. The van der Waals surface area contributed by atoms with Crippen LogP contribution in [0.2, 0.25) is 13.1 Å². The molecule has 0 aromatic heterocycles. The number of alkyl halides is 6. The molecular weight excluding hydrogens is 590 g/mol. The van der Waals surface area contributed by atoms with Crippen molar-refractivity contribution in [2.75, 3.05) is 0 Å². The van der Waals surface area contributed by atoms with Crippen LogP contribution in [-0.2, 0) is 12.4 Å². The molecule has 2 unspecified atom stereocenters. The molecule has 0 saturated heterocycles. The number of benzene rings is 2. The van der Waals surface area contributed by atoms with Crippen LogP contribution in [0.4, 0.5) is 26.3 Å². The van der Waals surface area contributed by atoms with Crippen molar-refractivity contribution >= 4 is 52.1 Å². The Hall–Kier alpha value is -1.32.